The number of allylic oxidation sites excluding steroid dienone is 1. The lowest BCUT2D eigenvalue weighted by molar-refractivity contribution is -0.385. The monoisotopic (exact) mass is 552 g/mol. The minimum atomic E-state index is -1.16. The molecule has 4 rings (SSSR count). The smallest absolute Gasteiger partial charge is 0.294 e. The molecule has 1 amide bonds. The molecule has 0 unspecified atom stereocenters. The number of carbonyl (C=O) groups is 2. The van der Waals surface area contributed by atoms with Crippen LogP contribution in [0.15, 0.2) is 96.3 Å². The number of hydrogen-bond acceptors (Lipinski definition) is 5. The fourth-order valence-corrected chi connectivity index (χ4v) is 4.09. The van der Waals surface area contributed by atoms with Crippen molar-refractivity contribution in [1.82, 2.24) is 0 Å². The third-order valence-corrected chi connectivity index (χ3v) is 5.95. The molecule has 8 heteroatoms. The highest BCUT2D eigenvalue weighted by Gasteiger charge is 2.46. The van der Waals surface area contributed by atoms with Crippen molar-refractivity contribution in [2.75, 3.05) is 4.90 Å². The highest BCUT2D eigenvalue weighted by molar-refractivity contribution is 14.1. The summed E-state index contributed by atoms with van der Waals surface area (Å²) in [6.07, 6.45) is 2.82. The fraction of sp³-hybridized carbons (Fsp3) is 0.0400. The lowest BCUT2D eigenvalue weighted by Gasteiger charge is -2.26. The molecule has 0 fully saturated rings. The summed E-state index contributed by atoms with van der Waals surface area (Å²) < 4.78 is 0.921. The molecule has 3 aromatic carbocycles. The molecule has 1 N–H and O–H groups in total. The number of halogens is 1. The Morgan fingerprint density at radius 3 is 2.30 bits per heavy atom. The van der Waals surface area contributed by atoms with Gasteiger partial charge in [-0.15, -0.1) is 0 Å². The molecule has 0 spiro atoms. The van der Waals surface area contributed by atoms with Crippen LogP contribution in [0.25, 0.3) is 6.08 Å². The largest absolute Gasteiger partial charge is 0.503 e. The number of nitrogens with zero attached hydrogens (tertiary/aromatic N) is 2. The molecule has 0 aliphatic carbocycles. The van der Waals surface area contributed by atoms with E-state index in [0.29, 0.717) is 5.69 Å². The van der Waals surface area contributed by atoms with Gasteiger partial charge in [-0.2, -0.15) is 0 Å². The average Bonchev–Trinajstić information content (AvgIpc) is 3.09. The van der Waals surface area contributed by atoms with Gasteiger partial charge in [0, 0.05) is 15.3 Å². The quantitative estimate of drug-likeness (QED) is 0.192. The van der Waals surface area contributed by atoms with Gasteiger partial charge in [0.25, 0.3) is 11.6 Å². The number of amides is 1. The summed E-state index contributed by atoms with van der Waals surface area (Å²) in [5.74, 6) is -2.13. The maximum Gasteiger partial charge on any atom is 0.294 e. The number of rotatable bonds is 6. The molecule has 0 bridgehead atoms. The number of anilines is 1. The van der Waals surface area contributed by atoms with E-state index in [1.54, 1.807) is 48.5 Å². The van der Waals surface area contributed by atoms with Crippen LogP contribution in [-0.4, -0.2) is 21.7 Å². The van der Waals surface area contributed by atoms with Gasteiger partial charge in [-0.1, -0.05) is 48.5 Å². The Labute approximate surface area is 203 Å². The van der Waals surface area contributed by atoms with Crippen LogP contribution in [-0.2, 0) is 9.59 Å². The standard InChI is InChI=1S/C25H17IN2O5/c26-17-11-13-18(14-12-17)27-23(19-8-4-5-9-20(19)28(32)33)22(24(30)25(27)31)21(29)15-10-16-6-2-1-3-7-16/h1-15,23,30H/b15-10+/t23-/m0/s1. The lowest BCUT2D eigenvalue weighted by Crippen LogP contribution is -2.31. The first-order valence-corrected chi connectivity index (χ1v) is 11.0. The highest BCUT2D eigenvalue weighted by Crippen LogP contribution is 2.44. The summed E-state index contributed by atoms with van der Waals surface area (Å²) in [7, 11) is 0. The van der Waals surface area contributed by atoms with Gasteiger partial charge in [-0.25, -0.2) is 0 Å². The second-order valence-corrected chi connectivity index (χ2v) is 8.49. The number of hydrogen-bond donors (Lipinski definition) is 1. The van der Waals surface area contributed by atoms with Crippen molar-refractivity contribution < 1.29 is 19.6 Å². The van der Waals surface area contributed by atoms with Crippen LogP contribution in [0.1, 0.15) is 17.2 Å². The maximum absolute atomic E-state index is 13.2. The first-order valence-electron chi connectivity index (χ1n) is 9.91. The molecule has 0 saturated carbocycles. The maximum atomic E-state index is 13.2. The Morgan fingerprint density at radius 2 is 1.64 bits per heavy atom. The molecular formula is C25H17IN2O5. The summed E-state index contributed by atoms with van der Waals surface area (Å²) in [5.41, 5.74) is 0.838. The van der Waals surface area contributed by atoms with Gasteiger partial charge in [-0.3, -0.25) is 24.6 Å². The molecule has 7 nitrogen and oxygen atoms in total. The number of ketones is 1. The van der Waals surface area contributed by atoms with Crippen LogP contribution in [0, 0.1) is 13.7 Å². The normalized spacial score (nSPS) is 16.0. The predicted octanol–water partition coefficient (Wildman–Crippen LogP) is 5.38. The number of nitro benzene ring substituents is 1. The van der Waals surface area contributed by atoms with E-state index in [1.807, 2.05) is 18.2 Å². The van der Waals surface area contributed by atoms with Gasteiger partial charge in [0.2, 0.25) is 0 Å². The van der Waals surface area contributed by atoms with Crippen molar-refractivity contribution >= 4 is 51.7 Å². The van der Waals surface area contributed by atoms with Gasteiger partial charge < -0.3 is 5.11 Å². The SMILES string of the molecule is O=C(/C=C/c1ccccc1)C1=C(O)C(=O)N(c2ccc(I)cc2)[C@H]1c1ccccc1[N+](=O)[O-]. The third-order valence-electron chi connectivity index (χ3n) is 5.23. The average molecular weight is 552 g/mol. The molecular weight excluding hydrogens is 535 g/mol. The van der Waals surface area contributed by atoms with E-state index in [4.69, 9.17) is 0 Å². The summed E-state index contributed by atoms with van der Waals surface area (Å²) >= 11 is 2.12. The van der Waals surface area contributed by atoms with Crippen LogP contribution in [0.4, 0.5) is 11.4 Å². The second-order valence-electron chi connectivity index (χ2n) is 7.24. The van der Waals surface area contributed by atoms with Crippen LogP contribution >= 0.6 is 22.6 Å². The molecule has 0 saturated heterocycles. The zero-order valence-corrected chi connectivity index (χ0v) is 19.2. The van der Waals surface area contributed by atoms with Crippen molar-refractivity contribution in [3.05, 3.63) is 121 Å². The van der Waals surface area contributed by atoms with Crippen LogP contribution in [0.3, 0.4) is 0 Å². The van der Waals surface area contributed by atoms with E-state index in [0.717, 1.165) is 9.13 Å². The number of aliphatic hydroxyl groups excluding tert-OH is 1. The van der Waals surface area contributed by atoms with Gasteiger partial charge in [0.05, 0.1) is 16.1 Å². The van der Waals surface area contributed by atoms with Crippen LogP contribution in [0.2, 0.25) is 0 Å². The summed E-state index contributed by atoms with van der Waals surface area (Å²) in [4.78, 5) is 38.7. The van der Waals surface area contributed by atoms with E-state index in [-0.39, 0.29) is 16.8 Å². The number of aliphatic hydroxyl groups is 1. The van der Waals surface area contributed by atoms with E-state index >= 15 is 0 Å². The van der Waals surface area contributed by atoms with E-state index in [1.165, 1.54) is 29.2 Å². The molecule has 1 atom stereocenters. The van der Waals surface area contributed by atoms with E-state index in [9.17, 15) is 24.8 Å². The van der Waals surface area contributed by atoms with Crippen molar-refractivity contribution in [3.8, 4) is 0 Å². The van der Waals surface area contributed by atoms with Gasteiger partial charge >= 0.3 is 0 Å². The fourth-order valence-electron chi connectivity index (χ4n) is 3.73. The molecule has 0 radical (unpaired) electrons. The van der Waals surface area contributed by atoms with Crippen molar-refractivity contribution in [2.24, 2.45) is 0 Å². The van der Waals surface area contributed by atoms with Crippen molar-refractivity contribution in [1.29, 1.82) is 0 Å². The zero-order valence-electron chi connectivity index (χ0n) is 17.1. The first kappa shape index (κ1) is 22.4. The molecule has 3 aromatic rings. The number of nitro groups is 1. The first-order chi connectivity index (χ1) is 15.9. The number of carbonyl (C=O) groups excluding carboxylic acids is 2. The number of benzene rings is 3. The van der Waals surface area contributed by atoms with Crippen molar-refractivity contribution in [2.45, 2.75) is 6.04 Å². The van der Waals surface area contributed by atoms with E-state index in [2.05, 4.69) is 22.6 Å². The minimum Gasteiger partial charge on any atom is -0.503 e. The Hall–Kier alpha value is -3.79. The Bertz CT molecular complexity index is 1300. The van der Waals surface area contributed by atoms with Crippen LogP contribution < -0.4 is 4.90 Å². The minimum absolute atomic E-state index is 0.134. The summed E-state index contributed by atoms with van der Waals surface area (Å²) in [5, 5.41) is 22.5. The molecule has 1 heterocycles. The Balaban J connectivity index is 1.85. The van der Waals surface area contributed by atoms with Gasteiger partial charge in [-0.05, 0) is 64.6 Å². The molecule has 164 valence electrons. The van der Waals surface area contributed by atoms with E-state index < -0.39 is 28.4 Å². The zero-order chi connectivity index (χ0) is 23.5. The molecule has 33 heavy (non-hydrogen) atoms. The molecule has 1 aliphatic heterocycles. The second kappa shape index (κ2) is 9.37. The summed E-state index contributed by atoms with van der Waals surface area (Å²) in [6.45, 7) is 0. The Kier molecular flexibility index (Phi) is 6.36. The summed E-state index contributed by atoms with van der Waals surface area (Å²) in [6, 6.07) is 20.7. The van der Waals surface area contributed by atoms with Gasteiger partial charge in [0.15, 0.2) is 11.5 Å². The molecule has 0 aromatic heterocycles. The van der Waals surface area contributed by atoms with Crippen LogP contribution in [0.5, 0.6) is 0 Å². The topological polar surface area (TPSA) is 101 Å². The molecule has 1 aliphatic rings. The highest BCUT2D eigenvalue weighted by atomic mass is 127. The van der Waals surface area contributed by atoms with Gasteiger partial charge in [0.1, 0.15) is 6.04 Å². The lowest BCUT2D eigenvalue weighted by atomic mass is 9.94. The predicted molar refractivity (Wildman–Crippen MR) is 133 cm³/mol. The van der Waals surface area contributed by atoms with Crippen molar-refractivity contribution in [3.63, 3.8) is 0 Å². The number of para-hydroxylation sites is 1. The Morgan fingerprint density at radius 1 is 1.00 bits per heavy atom. The third kappa shape index (κ3) is 4.42.